The van der Waals surface area contributed by atoms with Crippen LogP contribution in [0, 0.1) is 0 Å². The van der Waals surface area contributed by atoms with Gasteiger partial charge in [-0.05, 0) is 31.4 Å². The molecule has 0 spiro atoms. The van der Waals surface area contributed by atoms with Crippen molar-refractivity contribution in [3.8, 4) is 5.75 Å². The average molecular weight is 429 g/mol. The number of carbonyl (C=O) groups excluding carboxylic acids is 1. The first-order valence-corrected chi connectivity index (χ1v) is 13.2. The summed E-state index contributed by atoms with van der Waals surface area (Å²) >= 11 is 0. The van der Waals surface area contributed by atoms with E-state index >= 15 is 0 Å². The largest absolute Gasteiger partial charge is 0.427 e. The Morgan fingerprint density at radius 1 is 0.645 bits per heavy atom. The molecule has 2 heteroatoms. The third-order valence-electron chi connectivity index (χ3n) is 5.88. The van der Waals surface area contributed by atoms with Crippen molar-refractivity contribution in [2.75, 3.05) is 0 Å². The molecule has 1 aromatic rings. The molecule has 0 radical (unpaired) electrons. The topological polar surface area (TPSA) is 26.3 Å². The molecule has 1 rings (SSSR count). The lowest BCUT2D eigenvalue weighted by Crippen LogP contribution is -2.06. The van der Waals surface area contributed by atoms with Crippen LogP contribution in [0.4, 0.5) is 0 Å². The van der Waals surface area contributed by atoms with Crippen LogP contribution in [0.3, 0.4) is 0 Å². The summed E-state index contributed by atoms with van der Waals surface area (Å²) in [5.41, 5.74) is 0. The van der Waals surface area contributed by atoms with E-state index in [-0.39, 0.29) is 5.97 Å². The predicted molar refractivity (Wildman–Crippen MR) is 135 cm³/mol. The van der Waals surface area contributed by atoms with E-state index in [0.29, 0.717) is 12.2 Å². The summed E-state index contributed by atoms with van der Waals surface area (Å²) in [6, 6.07) is 9.29. The van der Waals surface area contributed by atoms with Gasteiger partial charge in [-0.2, -0.15) is 0 Å². The van der Waals surface area contributed by atoms with Gasteiger partial charge in [-0.1, -0.05) is 134 Å². The maximum Gasteiger partial charge on any atom is 0.311 e. The van der Waals surface area contributed by atoms with Crippen LogP contribution in [0.1, 0.15) is 129 Å². The lowest BCUT2D eigenvalue weighted by Gasteiger charge is -2.03. The molecule has 0 aliphatic carbocycles. The van der Waals surface area contributed by atoms with Crippen molar-refractivity contribution in [1.29, 1.82) is 0 Å². The normalized spacial score (nSPS) is 11.3. The second-order valence-electron chi connectivity index (χ2n) is 8.89. The average Bonchev–Trinajstić information content (AvgIpc) is 2.78. The number of unbranched alkanes of at least 4 members (excludes halogenated alkanes) is 16. The van der Waals surface area contributed by atoms with E-state index in [9.17, 15) is 4.79 Å². The maximum absolute atomic E-state index is 11.7. The van der Waals surface area contributed by atoms with Gasteiger partial charge in [-0.3, -0.25) is 4.79 Å². The molecule has 0 saturated carbocycles. The molecule has 1 aromatic carbocycles. The Bertz CT molecular complexity index is 535. The van der Waals surface area contributed by atoms with Gasteiger partial charge in [0, 0.05) is 6.42 Å². The highest BCUT2D eigenvalue weighted by atomic mass is 16.5. The minimum atomic E-state index is -0.154. The van der Waals surface area contributed by atoms with Gasteiger partial charge in [0.05, 0.1) is 0 Å². The highest BCUT2D eigenvalue weighted by Gasteiger charge is 2.02. The molecule has 0 heterocycles. The van der Waals surface area contributed by atoms with Crippen LogP contribution in [0.5, 0.6) is 5.75 Å². The Hall–Kier alpha value is -1.57. The van der Waals surface area contributed by atoms with Gasteiger partial charge >= 0.3 is 5.97 Å². The highest BCUT2D eigenvalue weighted by molar-refractivity contribution is 5.72. The number of esters is 1. The van der Waals surface area contributed by atoms with Crippen molar-refractivity contribution in [3.05, 3.63) is 42.5 Å². The van der Waals surface area contributed by atoms with Crippen LogP contribution in [0.25, 0.3) is 0 Å². The summed E-state index contributed by atoms with van der Waals surface area (Å²) in [5.74, 6) is 0.475. The Morgan fingerprint density at radius 2 is 1.10 bits per heavy atom. The number of rotatable bonds is 21. The van der Waals surface area contributed by atoms with Crippen molar-refractivity contribution < 1.29 is 9.53 Å². The van der Waals surface area contributed by atoms with Crippen LogP contribution >= 0.6 is 0 Å². The Labute approximate surface area is 192 Å². The second-order valence-corrected chi connectivity index (χ2v) is 8.89. The van der Waals surface area contributed by atoms with Crippen molar-refractivity contribution in [2.24, 2.45) is 0 Å². The molecule has 0 fully saturated rings. The third-order valence-corrected chi connectivity index (χ3v) is 5.88. The molecular weight excluding hydrogens is 380 g/mol. The molecule has 176 valence electrons. The SMILES string of the molecule is CCCCCCCCCCCCCCCCCCC=CCCC(=O)Oc1ccccc1. The van der Waals surface area contributed by atoms with Crippen molar-refractivity contribution in [1.82, 2.24) is 0 Å². The minimum Gasteiger partial charge on any atom is -0.427 e. The maximum atomic E-state index is 11.7. The lowest BCUT2D eigenvalue weighted by atomic mass is 10.0. The molecule has 0 N–H and O–H groups in total. The fraction of sp³-hybridized carbons (Fsp3) is 0.690. The summed E-state index contributed by atoms with van der Waals surface area (Å²) in [5, 5.41) is 0. The van der Waals surface area contributed by atoms with E-state index in [1.165, 1.54) is 103 Å². The zero-order valence-corrected chi connectivity index (χ0v) is 20.3. The molecule has 0 aliphatic heterocycles. The number of benzene rings is 1. The molecule has 0 bridgehead atoms. The van der Waals surface area contributed by atoms with Gasteiger partial charge in [0.1, 0.15) is 5.75 Å². The van der Waals surface area contributed by atoms with Crippen LogP contribution in [-0.4, -0.2) is 5.97 Å². The second kappa shape index (κ2) is 21.7. The van der Waals surface area contributed by atoms with E-state index in [1.807, 2.05) is 30.3 Å². The number of hydrogen-bond donors (Lipinski definition) is 0. The van der Waals surface area contributed by atoms with Gasteiger partial charge in [-0.15, -0.1) is 0 Å². The molecule has 0 saturated heterocycles. The molecule has 2 nitrogen and oxygen atoms in total. The highest BCUT2D eigenvalue weighted by Crippen LogP contribution is 2.14. The summed E-state index contributed by atoms with van der Waals surface area (Å²) in [6.07, 6.45) is 29.3. The fourth-order valence-corrected chi connectivity index (χ4v) is 3.92. The van der Waals surface area contributed by atoms with E-state index in [1.54, 1.807) is 0 Å². The summed E-state index contributed by atoms with van der Waals surface area (Å²) < 4.78 is 5.28. The van der Waals surface area contributed by atoms with Crippen LogP contribution < -0.4 is 4.74 Å². The quantitative estimate of drug-likeness (QED) is 0.0843. The molecular formula is C29H48O2. The minimum absolute atomic E-state index is 0.154. The van der Waals surface area contributed by atoms with Gasteiger partial charge in [0.25, 0.3) is 0 Å². The zero-order valence-electron chi connectivity index (χ0n) is 20.3. The van der Waals surface area contributed by atoms with Gasteiger partial charge in [-0.25, -0.2) is 0 Å². The summed E-state index contributed by atoms with van der Waals surface area (Å²) in [7, 11) is 0. The van der Waals surface area contributed by atoms with E-state index < -0.39 is 0 Å². The van der Waals surface area contributed by atoms with Crippen molar-refractivity contribution >= 4 is 5.97 Å². The van der Waals surface area contributed by atoms with Crippen LogP contribution in [0.2, 0.25) is 0 Å². The van der Waals surface area contributed by atoms with Crippen molar-refractivity contribution in [3.63, 3.8) is 0 Å². The monoisotopic (exact) mass is 428 g/mol. The predicted octanol–water partition coefficient (Wildman–Crippen LogP) is 9.58. The number of ether oxygens (including phenoxy) is 1. The molecule has 0 atom stereocenters. The standard InChI is InChI=1S/C29H48O2/c1-2-3-4-5-6-7-8-9-10-11-12-13-14-15-16-17-18-19-20-24-27-29(30)31-28-25-22-21-23-26-28/h19-23,25-26H,2-18,24,27H2,1H3. The molecule has 0 unspecified atom stereocenters. The molecule has 0 amide bonds. The third kappa shape index (κ3) is 18.9. The number of allylic oxidation sites excluding steroid dienone is 2. The number of hydrogen-bond acceptors (Lipinski definition) is 2. The number of para-hydroxylation sites is 1. The molecule has 31 heavy (non-hydrogen) atoms. The first-order chi connectivity index (χ1) is 15.3. The lowest BCUT2D eigenvalue weighted by molar-refractivity contribution is -0.134. The van der Waals surface area contributed by atoms with E-state index in [4.69, 9.17) is 4.74 Å². The summed E-state index contributed by atoms with van der Waals surface area (Å²) in [6.45, 7) is 2.29. The Balaban J connectivity index is 1.76. The Morgan fingerprint density at radius 3 is 1.61 bits per heavy atom. The van der Waals surface area contributed by atoms with E-state index in [2.05, 4.69) is 19.1 Å². The van der Waals surface area contributed by atoms with Crippen LogP contribution in [-0.2, 0) is 4.79 Å². The van der Waals surface area contributed by atoms with Gasteiger partial charge < -0.3 is 4.74 Å². The number of carbonyl (C=O) groups is 1. The Kier molecular flexibility index (Phi) is 19.2. The van der Waals surface area contributed by atoms with Crippen molar-refractivity contribution in [2.45, 2.75) is 129 Å². The van der Waals surface area contributed by atoms with Crippen LogP contribution in [0.15, 0.2) is 42.5 Å². The van der Waals surface area contributed by atoms with E-state index in [0.717, 1.165) is 12.8 Å². The summed E-state index contributed by atoms with van der Waals surface area (Å²) in [4.78, 5) is 11.7. The zero-order chi connectivity index (χ0) is 22.2. The first-order valence-electron chi connectivity index (χ1n) is 13.2. The fourth-order valence-electron chi connectivity index (χ4n) is 3.92. The molecule has 0 aliphatic rings. The van der Waals surface area contributed by atoms with Gasteiger partial charge in [0.15, 0.2) is 0 Å². The first kappa shape index (κ1) is 27.5. The smallest absolute Gasteiger partial charge is 0.311 e. The van der Waals surface area contributed by atoms with Gasteiger partial charge in [0.2, 0.25) is 0 Å². The molecule has 0 aromatic heterocycles.